The van der Waals surface area contributed by atoms with Gasteiger partial charge in [-0.05, 0) is 41.1 Å². The Labute approximate surface area is 123 Å². The maximum absolute atomic E-state index is 11.5. The zero-order chi connectivity index (χ0) is 15.1. The Bertz CT molecular complexity index is 598. The molecule has 0 saturated heterocycles. The molecule has 0 bridgehead atoms. The molecule has 1 heterocycles. The van der Waals surface area contributed by atoms with Crippen LogP contribution in [0.4, 0.5) is 0 Å². The third-order valence-electron chi connectivity index (χ3n) is 2.22. The molecule has 0 saturated carbocycles. The number of furan rings is 1. The Morgan fingerprint density at radius 1 is 1.60 bits per heavy atom. The highest BCUT2D eigenvalue weighted by atomic mass is 79.9. The highest BCUT2D eigenvalue weighted by molar-refractivity contribution is 9.10. The first kappa shape index (κ1) is 15.9. The first-order valence-corrected chi connectivity index (χ1v) is 6.31. The summed E-state index contributed by atoms with van der Waals surface area (Å²) < 4.78 is 10.3. The lowest BCUT2D eigenvalue weighted by molar-refractivity contribution is -0.143. The lowest BCUT2D eigenvalue weighted by Gasteiger charge is -2.05. The predicted octanol–water partition coefficient (Wildman–Crippen LogP) is 2.35. The summed E-state index contributed by atoms with van der Waals surface area (Å²) in [6, 6.07) is 4.99. The van der Waals surface area contributed by atoms with Crippen molar-refractivity contribution in [2.75, 3.05) is 6.61 Å². The molecule has 1 N–H and O–H groups in total. The Kier molecular flexibility index (Phi) is 5.87. The van der Waals surface area contributed by atoms with Gasteiger partial charge in [-0.2, -0.15) is 5.26 Å². The molecule has 0 spiro atoms. The molecule has 1 aromatic rings. The van der Waals surface area contributed by atoms with Crippen molar-refractivity contribution < 1.29 is 18.7 Å². The molecule has 1 atom stereocenters. The van der Waals surface area contributed by atoms with Crippen molar-refractivity contribution in [3.63, 3.8) is 0 Å². The van der Waals surface area contributed by atoms with Crippen molar-refractivity contribution in [1.82, 2.24) is 0 Å². The van der Waals surface area contributed by atoms with Crippen LogP contribution in [-0.2, 0) is 14.3 Å². The molecule has 6 nitrogen and oxygen atoms in total. The number of nitrogens with one attached hydrogen (secondary N) is 1. The number of carbonyl (C=O) groups excluding carboxylic acids is 2. The van der Waals surface area contributed by atoms with Gasteiger partial charge in [-0.25, -0.2) is 4.79 Å². The average Bonchev–Trinajstić information content (AvgIpc) is 2.80. The van der Waals surface area contributed by atoms with Gasteiger partial charge in [0.2, 0.25) is 0 Å². The van der Waals surface area contributed by atoms with Crippen LogP contribution in [0.1, 0.15) is 12.7 Å². The molecule has 20 heavy (non-hydrogen) atoms. The van der Waals surface area contributed by atoms with Gasteiger partial charge in [-0.1, -0.05) is 0 Å². The number of carbonyl (C=O) groups is 2. The molecule has 0 aromatic carbocycles. The number of hydrogen-bond donors (Lipinski definition) is 1. The smallest absolute Gasteiger partial charge is 0.331 e. The molecular formula is C13H11BrN2O4. The van der Waals surface area contributed by atoms with Crippen LogP contribution < -0.4 is 0 Å². The van der Waals surface area contributed by atoms with Crippen LogP contribution >= 0.6 is 15.9 Å². The minimum absolute atomic E-state index is 0.0791. The van der Waals surface area contributed by atoms with Gasteiger partial charge in [0.1, 0.15) is 11.7 Å². The van der Waals surface area contributed by atoms with E-state index in [0.29, 0.717) is 10.4 Å². The maximum atomic E-state index is 11.5. The molecular weight excluding hydrogens is 328 g/mol. The van der Waals surface area contributed by atoms with E-state index in [-0.39, 0.29) is 5.71 Å². The number of ketones is 1. The number of rotatable bonds is 6. The van der Waals surface area contributed by atoms with E-state index in [4.69, 9.17) is 15.1 Å². The van der Waals surface area contributed by atoms with Crippen LogP contribution in [0.2, 0.25) is 0 Å². The molecule has 0 fully saturated rings. The van der Waals surface area contributed by atoms with E-state index in [2.05, 4.69) is 20.7 Å². The lowest BCUT2D eigenvalue weighted by Crippen LogP contribution is -2.25. The second-order valence-corrected chi connectivity index (χ2v) is 4.58. The first-order chi connectivity index (χ1) is 9.43. The minimum Gasteiger partial charge on any atom is -0.454 e. The van der Waals surface area contributed by atoms with E-state index in [9.17, 15) is 9.59 Å². The number of hydrogen-bond acceptors (Lipinski definition) is 6. The molecule has 1 rings (SSSR count). The van der Waals surface area contributed by atoms with Crippen molar-refractivity contribution in [3.05, 3.63) is 28.6 Å². The van der Waals surface area contributed by atoms with Gasteiger partial charge in [-0.15, -0.1) is 0 Å². The summed E-state index contributed by atoms with van der Waals surface area (Å²) in [5.41, 5.74) is -0.0791. The summed E-state index contributed by atoms with van der Waals surface area (Å²) in [5.74, 6) is -2.08. The number of nitrogens with zero attached hydrogens (tertiary/aromatic N) is 1. The largest absolute Gasteiger partial charge is 0.454 e. The molecule has 104 valence electrons. The summed E-state index contributed by atoms with van der Waals surface area (Å²) in [5, 5.41) is 16.0. The zero-order valence-electron chi connectivity index (χ0n) is 10.6. The third kappa shape index (κ3) is 4.82. The molecule has 0 amide bonds. The molecule has 0 aliphatic heterocycles. The van der Waals surface area contributed by atoms with E-state index < -0.39 is 24.3 Å². The number of halogens is 1. The van der Waals surface area contributed by atoms with Gasteiger partial charge in [0.25, 0.3) is 0 Å². The molecule has 1 unspecified atom stereocenters. The van der Waals surface area contributed by atoms with Crippen LogP contribution in [0.3, 0.4) is 0 Å². The first-order valence-electron chi connectivity index (χ1n) is 5.51. The predicted molar refractivity (Wildman–Crippen MR) is 73.9 cm³/mol. The van der Waals surface area contributed by atoms with Crippen LogP contribution in [-0.4, -0.2) is 24.1 Å². The van der Waals surface area contributed by atoms with Gasteiger partial charge in [0.05, 0.1) is 6.07 Å². The van der Waals surface area contributed by atoms with Gasteiger partial charge in [0, 0.05) is 11.8 Å². The quantitative estimate of drug-likeness (QED) is 0.487. The third-order valence-corrected chi connectivity index (χ3v) is 2.64. The van der Waals surface area contributed by atoms with E-state index in [0.717, 1.165) is 6.08 Å². The molecule has 0 radical (unpaired) electrons. The summed E-state index contributed by atoms with van der Waals surface area (Å²) in [6.45, 7) is 0.807. The normalized spacial score (nSPS) is 11.8. The average molecular weight is 339 g/mol. The fourth-order valence-corrected chi connectivity index (χ4v) is 1.57. The second-order valence-electron chi connectivity index (χ2n) is 3.79. The highest BCUT2D eigenvalue weighted by Gasteiger charge is 2.20. The van der Waals surface area contributed by atoms with E-state index >= 15 is 0 Å². The van der Waals surface area contributed by atoms with Gasteiger partial charge >= 0.3 is 5.97 Å². The summed E-state index contributed by atoms with van der Waals surface area (Å²) in [4.78, 5) is 22.9. The van der Waals surface area contributed by atoms with Crippen molar-refractivity contribution >= 4 is 39.5 Å². The standard InChI is InChI=1S/C13H11BrN2O4/c1-8(16)10(6-15)11(17)7-19-13(18)5-3-9-2-4-12(14)20-9/h2-5,10,16H,7H2,1H3/b5-3+,16-8?. The van der Waals surface area contributed by atoms with Crippen LogP contribution in [0, 0.1) is 22.7 Å². The van der Waals surface area contributed by atoms with Gasteiger partial charge in [-0.3, -0.25) is 4.79 Å². The Balaban J connectivity index is 2.48. The number of esters is 1. The SMILES string of the molecule is CC(=N)C(C#N)C(=O)COC(=O)/C=C/c1ccc(Br)o1. The Morgan fingerprint density at radius 2 is 2.30 bits per heavy atom. The Morgan fingerprint density at radius 3 is 2.80 bits per heavy atom. The number of Topliss-reactive ketones (excluding diaryl/α,β-unsaturated/α-hetero) is 1. The monoisotopic (exact) mass is 338 g/mol. The fraction of sp³-hybridized carbons (Fsp3) is 0.231. The Hall–Kier alpha value is -2.20. The number of ether oxygens (including phenoxy) is 1. The summed E-state index contributed by atoms with van der Waals surface area (Å²) in [6.07, 6.45) is 2.50. The van der Waals surface area contributed by atoms with Crippen molar-refractivity contribution in [3.8, 4) is 6.07 Å². The van der Waals surface area contributed by atoms with Crippen molar-refractivity contribution in [2.24, 2.45) is 5.92 Å². The minimum atomic E-state index is -1.17. The second kappa shape index (κ2) is 7.40. The maximum Gasteiger partial charge on any atom is 0.331 e. The molecule has 1 aromatic heterocycles. The van der Waals surface area contributed by atoms with Crippen LogP contribution in [0.15, 0.2) is 27.3 Å². The zero-order valence-corrected chi connectivity index (χ0v) is 12.1. The molecule has 0 aliphatic carbocycles. The molecule has 7 heteroatoms. The highest BCUT2D eigenvalue weighted by Crippen LogP contribution is 2.15. The van der Waals surface area contributed by atoms with Gasteiger partial charge in [0.15, 0.2) is 17.1 Å². The van der Waals surface area contributed by atoms with Crippen molar-refractivity contribution in [1.29, 1.82) is 10.7 Å². The van der Waals surface area contributed by atoms with Crippen molar-refractivity contribution in [2.45, 2.75) is 6.92 Å². The van der Waals surface area contributed by atoms with Gasteiger partial charge < -0.3 is 14.6 Å². The fourth-order valence-electron chi connectivity index (χ4n) is 1.25. The van der Waals surface area contributed by atoms with E-state index in [1.54, 1.807) is 18.2 Å². The van der Waals surface area contributed by atoms with Crippen LogP contribution in [0.25, 0.3) is 6.08 Å². The summed E-state index contributed by atoms with van der Waals surface area (Å²) in [7, 11) is 0. The summed E-state index contributed by atoms with van der Waals surface area (Å²) >= 11 is 3.11. The lowest BCUT2D eigenvalue weighted by atomic mass is 10.0. The van der Waals surface area contributed by atoms with E-state index in [1.165, 1.54) is 13.0 Å². The topological polar surface area (TPSA) is 104 Å². The van der Waals surface area contributed by atoms with Crippen LogP contribution in [0.5, 0.6) is 0 Å². The molecule has 0 aliphatic rings. The van der Waals surface area contributed by atoms with E-state index in [1.807, 2.05) is 0 Å². The number of nitriles is 1.